The fourth-order valence-corrected chi connectivity index (χ4v) is 2.99. The minimum Gasteiger partial charge on any atom is -0.376 e. The van der Waals surface area contributed by atoms with E-state index in [1.165, 1.54) is 17.7 Å². The monoisotopic (exact) mass is 296 g/mol. The Bertz CT molecular complexity index is 425. The number of hydrogen-bond acceptors (Lipinski definition) is 3. The van der Waals surface area contributed by atoms with Crippen LogP contribution in [0.1, 0.15) is 31.7 Å². The Hall–Kier alpha value is -0.770. The van der Waals surface area contributed by atoms with Crippen molar-refractivity contribution in [2.75, 3.05) is 31.1 Å². The molecule has 1 heterocycles. The number of nitrogens with two attached hydrogens (primary N) is 1. The zero-order valence-corrected chi connectivity index (χ0v) is 13.0. The van der Waals surface area contributed by atoms with E-state index in [9.17, 15) is 0 Å². The van der Waals surface area contributed by atoms with Gasteiger partial charge in [-0.05, 0) is 56.0 Å². The van der Waals surface area contributed by atoms with Crippen LogP contribution in [-0.4, -0.2) is 32.3 Å². The number of hydrogen-bond donors (Lipinski definition) is 1. The molecule has 0 aromatic heterocycles. The maximum absolute atomic E-state index is 6.10. The Morgan fingerprint density at radius 3 is 3.05 bits per heavy atom. The SMILES string of the molecule is CCCOC1CCCN(c2ccc(Cl)cc2CCN)C1. The Morgan fingerprint density at radius 1 is 1.45 bits per heavy atom. The molecule has 0 saturated carbocycles. The van der Waals surface area contributed by atoms with Gasteiger partial charge in [-0.2, -0.15) is 0 Å². The van der Waals surface area contributed by atoms with Gasteiger partial charge in [-0.3, -0.25) is 0 Å². The number of halogens is 1. The van der Waals surface area contributed by atoms with Gasteiger partial charge in [0.1, 0.15) is 0 Å². The number of ether oxygens (including phenoxy) is 1. The van der Waals surface area contributed by atoms with E-state index in [0.717, 1.165) is 44.0 Å². The van der Waals surface area contributed by atoms with Crippen LogP contribution in [0.3, 0.4) is 0 Å². The Morgan fingerprint density at radius 2 is 2.30 bits per heavy atom. The summed E-state index contributed by atoms with van der Waals surface area (Å²) in [6.07, 6.45) is 4.64. The molecule has 4 heteroatoms. The lowest BCUT2D eigenvalue weighted by Crippen LogP contribution is -2.40. The molecule has 3 nitrogen and oxygen atoms in total. The molecule has 1 aliphatic heterocycles. The fraction of sp³-hybridized carbons (Fsp3) is 0.625. The van der Waals surface area contributed by atoms with Crippen LogP contribution in [-0.2, 0) is 11.2 Å². The van der Waals surface area contributed by atoms with Crippen molar-refractivity contribution in [2.45, 2.75) is 38.7 Å². The van der Waals surface area contributed by atoms with Gasteiger partial charge in [-0.15, -0.1) is 0 Å². The summed E-state index contributed by atoms with van der Waals surface area (Å²) in [6, 6.07) is 6.13. The molecule has 1 saturated heterocycles. The smallest absolute Gasteiger partial charge is 0.0750 e. The number of rotatable bonds is 6. The number of nitrogens with zero attached hydrogens (tertiary/aromatic N) is 1. The van der Waals surface area contributed by atoms with Crippen LogP contribution in [0.15, 0.2) is 18.2 Å². The molecule has 1 unspecified atom stereocenters. The molecule has 1 aromatic carbocycles. The van der Waals surface area contributed by atoms with Crippen molar-refractivity contribution in [3.63, 3.8) is 0 Å². The molecule has 0 amide bonds. The summed E-state index contributed by atoms with van der Waals surface area (Å²) < 4.78 is 5.91. The average molecular weight is 297 g/mol. The molecular weight excluding hydrogens is 272 g/mol. The summed E-state index contributed by atoms with van der Waals surface area (Å²) in [5, 5.41) is 0.785. The lowest BCUT2D eigenvalue weighted by Gasteiger charge is -2.35. The molecule has 2 N–H and O–H groups in total. The first kappa shape index (κ1) is 15.6. The van der Waals surface area contributed by atoms with E-state index >= 15 is 0 Å². The Kier molecular flexibility index (Phi) is 6.14. The molecule has 0 radical (unpaired) electrons. The van der Waals surface area contributed by atoms with E-state index in [-0.39, 0.29) is 0 Å². The van der Waals surface area contributed by atoms with Gasteiger partial charge in [-0.1, -0.05) is 18.5 Å². The van der Waals surface area contributed by atoms with E-state index < -0.39 is 0 Å². The third-order valence-electron chi connectivity index (χ3n) is 3.73. The molecule has 1 fully saturated rings. The molecule has 0 spiro atoms. The zero-order valence-electron chi connectivity index (χ0n) is 12.3. The summed E-state index contributed by atoms with van der Waals surface area (Å²) in [6.45, 7) is 5.72. The molecule has 0 bridgehead atoms. The molecule has 2 rings (SSSR count). The van der Waals surface area contributed by atoms with Crippen LogP contribution in [0, 0.1) is 0 Å². The van der Waals surface area contributed by atoms with Gasteiger partial charge in [0.25, 0.3) is 0 Å². The van der Waals surface area contributed by atoms with Crippen molar-refractivity contribution in [1.82, 2.24) is 0 Å². The molecule has 1 aromatic rings. The van der Waals surface area contributed by atoms with Crippen LogP contribution >= 0.6 is 11.6 Å². The minimum absolute atomic E-state index is 0.352. The quantitative estimate of drug-likeness (QED) is 0.876. The van der Waals surface area contributed by atoms with Gasteiger partial charge >= 0.3 is 0 Å². The minimum atomic E-state index is 0.352. The van der Waals surface area contributed by atoms with E-state index in [1.807, 2.05) is 12.1 Å². The van der Waals surface area contributed by atoms with Gasteiger partial charge in [0, 0.05) is 30.4 Å². The summed E-state index contributed by atoms with van der Waals surface area (Å²) in [7, 11) is 0. The maximum Gasteiger partial charge on any atom is 0.0750 e. The summed E-state index contributed by atoms with van der Waals surface area (Å²) in [5.41, 5.74) is 8.23. The van der Waals surface area contributed by atoms with Crippen LogP contribution < -0.4 is 10.6 Å². The summed E-state index contributed by atoms with van der Waals surface area (Å²) in [4.78, 5) is 2.42. The van der Waals surface area contributed by atoms with E-state index in [4.69, 9.17) is 22.1 Å². The van der Waals surface area contributed by atoms with Crippen LogP contribution in [0.2, 0.25) is 5.02 Å². The van der Waals surface area contributed by atoms with Crippen molar-refractivity contribution in [3.05, 3.63) is 28.8 Å². The molecule has 1 aliphatic rings. The first-order valence-corrected chi connectivity index (χ1v) is 7.97. The van der Waals surface area contributed by atoms with Crippen molar-refractivity contribution >= 4 is 17.3 Å². The maximum atomic E-state index is 6.10. The first-order chi connectivity index (χ1) is 9.74. The second-order valence-corrected chi connectivity index (χ2v) is 5.83. The van der Waals surface area contributed by atoms with Crippen LogP contribution in [0.5, 0.6) is 0 Å². The van der Waals surface area contributed by atoms with E-state index in [1.54, 1.807) is 0 Å². The number of anilines is 1. The highest BCUT2D eigenvalue weighted by Gasteiger charge is 2.22. The topological polar surface area (TPSA) is 38.5 Å². The van der Waals surface area contributed by atoms with Crippen molar-refractivity contribution in [1.29, 1.82) is 0 Å². The molecular formula is C16H25ClN2O. The van der Waals surface area contributed by atoms with Gasteiger partial charge in [-0.25, -0.2) is 0 Å². The summed E-state index contributed by atoms with van der Waals surface area (Å²) in [5.74, 6) is 0. The van der Waals surface area contributed by atoms with E-state index in [0.29, 0.717) is 12.6 Å². The largest absolute Gasteiger partial charge is 0.376 e. The molecule has 1 atom stereocenters. The zero-order chi connectivity index (χ0) is 14.4. The molecule has 112 valence electrons. The Labute approximate surface area is 127 Å². The average Bonchev–Trinajstić information content (AvgIpc) is 2.46. The first-order valence-electron chi connectivity index (χ1n) is 7.59. The highest BCUT2D eigenvalue weighted by Crippen LogP contribution is 2.28. The second-order valence-electron chi connectivity index (χ2n) is 5.39. The Balaban J connectivity index is 2.09. The standard InChI is InChI=1S/C16H25ClN2O/c1-2-10-20-15-4-3-9-19(12-15)16-6-5-14(17)11-13(16)7-8-18/h5-6,11,15H,2-4,7-10,12,18H2,1H3. The van der Waals surface area contributed by atoms with Crippen molar-refractivity contribution in [2.24, 2.45) is 5.73 Å². The van der Waals surface area contributed by atoms with Crippen molar-refractivity contribution < 1.29 is 4.74 Å². The van der Waals surface area contributed by atoms with Gasteiger partial charge in [0.05, 0.1) is 6.10 Å². The molecule has 20 heavy (non-hydrogen) atoms. The predicted octanol–water partition coefficient (Wildman–Crippen LogP) is 3.24. The van der Waals surface area contributed by atoms with Gasteiger partial charge in [0.15, 0.2) is 0 Å². The highest BCUT2D eigenvalue weighted by molar-refractivity contribution is 6.30. The van der Waals surface area contributed by atoms with E-state index in [2.05, 4.69) is 17.9 Å². The van der Waals surface area contributed by atoms with Crippen molar-refractivity contribution in [3.8, 4) is 0 Å². The third kappa shape index (κ3) is 4.11. The lowest BCUT2D eigenvalue weighted by molar-refractivity contribution is 0.0440. The lowest BCUT2D eigenvalue weighted by atomic mass is 10.0. The van der Waals surface area contributed by atoms with Crippen LogP contribution in [0.4, 0.5) is 5.69 Å². The summed E-state index contributed by atoms with van der Waals surface area (Å²) >= 11 is 6.10. The molecule has 0 aliphatic carbocycles. The van der Waals surface area contributed by atoms with Gasteiger partial charge in [0.2, 0.25) is 0 Å². The second kappa shape index (κ2) is 7.87. The highest BCUT2D eigenvalue weighted by atomic mass is 35.5. The number of piperidine rings is 1. The third-order valence-corrected chi connectivity index (χ3v) is 3.97. The number of benzene rings is 1. The fourth-order valence-electron chi connectivity index (χ4n) is 2.80. The van der Waals surface area contributed by atoms with Gasteiger partial charge < -0.3 is 15.4 Å². The normalized spacial score (nSPS) is 19.4. The predicted molar refractivity (Wildman–Crippen MR) is 85.7 cm³/mol. The van der Waals surface area contributed by atoms with Crippen LogP contribution in [0.25, 0.3) is 0 Å².